The number of rotatable bonds is 7. The number of hydrogen-bond donors (Lipinski definition) is 1. The largest absolute Gasteiger partial charge is 0.492 e. The fourth-order valence-corrected chi connectivity index (χ4v) is 2.85. The fraction of sp³-hybridized carbons (Fsp3) is 0.235. The maximum Gasteiger partial charge on any atom is 0.272 e. The van der Waals surface area contributed by atoms with Crippen LogP contribution in [0.4, 0.5) is 5.69 Å². The molecule has 0 radical (unpaired) electrons. The number of ether oxygens (including phenoxy) is 1. The summed E-state index contributed by atoms with van der Waals surface area (Å²) in [6, 6.07) is 9.12. The van der Waals surface area contributed by atoms with E-state index in [0.717, 1.165) is 11.0 Å². The number of aryl methyl sites for hydroxylation is 1. The first-order chi connectivity index (χ1) is 12.2. The molecule has 25 heavy (non-hydrogen) atoms. The second kappa shape index (κ2) is 7.98. The number of carbonyl (C=O) groups is 1. The Bertz CT molecular complexity index is 845. The molecule has 0 atom stereocenters. The molecule has 1 N–H and O–H groups in total. The van der Waals surface area contributed by atoms with Gasteiger partial charge in [-0.05, 0) is 41.1 Å². The van der Waals surface area contributed by atoms with Gasteiger partial charge in [0, 0.05) is 29.0 Å². The van der Waals surface area contributed by atoms with Crippen LogP contribution in [0.15, 0.2) is 53.7 Å². The van der Waals surface area contributed by atoms with E-state index in [1.807, 2.05) is 35.9 Å². The summed E-state index contributed by atoms with van der Waals surface area (Å²) in [4.78, 5) is 16.4. The monoisotopic (exact) mass is 403 g/mol. The van der Waals surface area contributed by atoms with Crippen LogP contribution in [0.5, 0.6) is 5.75 Å². The highest BCUT2D eigenvalue weighted by Gasteiger charge is 2.12. The smallest absolute Gasteiger partial charge is 0.272 e. The standard InChI is InChI=1S/C17H18BrN5O2/c1-2-22-10-13(18)8-16(22)17(24)21-14-4-3-5-15(9-14)25-7-6-23-12-19-11-20-23/h3-5,8-12H,2,6-7H2,1H3,(H,21,24). The molecule has 0 aliphatic heterocycles. The van der Waals surface area contributed by atoms with Gasteiger partial charge in [0.2, 0.25) is 0 Å². The molecule has 0 aliphatic carbocycles. The van der Waals surface area contributed by atoms with Gasteiger partial charge >= 0.3 is 0 Å². The molecule has 3 rings (SSSR count). The molecule has 8 heteroatoms. The normalized spacial score (nSPS) is 10.6. The number of nitrogens with zero attached hydrogens (tertiary/aromatic N) is 4. The Kier molecular flexibility index (Phi) is 5.49. The van der Waals surface area contributed by atoms with Gasteiger partial charge in [-0.15, -0.1) is 0 Å². The zero-order chi connectivity index (χ0) is 17.6. The Balaban J connectivity index is 1.61. The van der Waals surface area contributed by atoms with Gasteiger partial charge in [0.15, 0.2) is 0 Å². The van der Waals surface area contributed by atoms with Crippen LogP contribution >= 0.6 is 15.9 Å². The number of carbonyl (C=O) groups excluding carboxylic acids is 1. The average Bonchev–Trinajstić information content (AvgIpc) is 3.24. The van der Waals surface area contributed by atoms with Crippen LogP contribution in [0.1, 0.15) is 17.4 Å². The van der Waals surface area contributed by atoms with Crippen molar-refractivity contribution in [3.8, 4) is 5.75 Å². The van der Waals surface area contributed by atoms with Crippen molar-refractivity contribution in [3.05, 3.63) is 59.3 Å². The number of amides is 1. The topological polar surface area (TPSA) is 74.0 Å². The van der Waals surface area contributed by atoms with Crippen molar-refractivity contribution in [1.82, 2.24) is 19.3 Å². The Hall–Kier alpha value is -2.61. The van der Waals surface area contributed by atoms with E-state index >= 15 is 0 Å². The number of nitrogens with one attached hydrogen (secondary N) is 1. The van der Waals surface area contributed by atoms with Crippen molar-refractivity contribution >= 4 is 27.5 Å². The van der Waals surface area contributed by atoms with Gasteiger partial charge in [-0.1, -0.05) is 6.07 Å². The molecule has 0 bridgehead atoms. The summed E-state index contributed by atoms with van der Waals surface area (Å²) >= 11 is 3.40. The van der Waals surface area contributed by atoms with Crippen LogP contribution in [0.25, 0.3) is 0 Å². The van der Waals surface area contributed by atoms with Crippen molar-refractivity contribution in [2.75, 3.05) is 11.9 Å². The van der Waals surface area contributed by atoms with Gasteiger partial charge in [-0.3, -0.25) is 4.79 Å². The molecular weight excluding hydrogens is 386 g/mol. The summed E-state index contributed by atoms with van der Waals surface area (Å²) in [6.07, 6.45) is 5.01. The zero-order valence-electron chi connectivity index (χ0n) is 13.7. The Morgan fingerprint density at radius 1 is 1.36 bits per heavy atom. The third kappa shape index (κ3) is 4.48. The molecule has 0 unspecified atom stereocenters. The van der Waals surface area contributed by atoms with E-state index in [-0.39, 0.29) is 5.91 Å². The Labute approximate surface area is 153 Å². The number of hydrogen-bond acceptors (Lipinski definition) is 4. The first kappa shape index (κ1) is 17.2. The van der Waals surface area contributed by atoms with Gasteiger partial charge in [-0.2, -0.15) is 5.10 Å². The summed E-state index contributed by atoms with van der Waals surface area (Å²) < 4.78 is 10.2. The minimum atomic E-state index is -0.160. The summed E-state index contributed by atoms with van der Waals surface area (Å²) in [5.41, 5.74) is 1.29. The summed E-state index contributed by atoms with van der Waals surface area (Å²) in [5, 5.41) is 6.92. The van der Waals surface area contributed by atoms with Crippen molar-refractivity contribution in [3.63, 3.8) is 0 Å². The molecule has 0 aliphatic rings. The lowest BCUT2D eigenvalue weighted by Gasteiger charge is -2.10. The van der Waals surface area contributed by atoms with E-state index in [1.165, 1.54) is 6.33 Å². The third-order valence-electron chi connectivity index (χ3n) is 3.58. The lowest BCUT2D eigenvalue weighted by atomic mass is 10.3. The van der Waals surface area contributed by atoms with E-state index in [4.69, 9.17) is 4.74 Å². The third-order valence-corrected chi connectivity index (χ3v) is 4.02. The van der Waals surface area contributed by atoms with E-state index in [2.05, 4.69) is 31.3 Å². The van der Waals surface area contributed by atoms with Crippen LogP contribution < -0.4 is 10.1 Å². The average molecular weight is 404 g/mol. The molecule has 2 heterocycles. The minimum absolute atomic E-state index is 0.160. The highest BCUT2D eigenvalue weighted by Crippen LogP contribution is 2.20. The summed E-state index contributed by atoms with van der Waals surface area (Å²) in [7, 11) is 0. The second-order valence-corrected chi connectivity index (χ2v) is 6.23. The molecule has 130 valence electrons. The first-order valence-electron chi connectivity index (χ1n) is 7.88. The van der Waals surface area contributed by atoms with Crippen LogP contribution in [-0.2, 0) is 13.1 Å². The lowest BCUT2D eigenvalue weighted by molar-refractivity contribution is 0.101. The Morgan fingerprint density at radius 3 is 3.00 bits per heavy atom. The number of aromatic nitrogens is 4. The minimum Gasteiger partial charge on any atom is -0.492 e. The molecule has 0 fully saturated rings. The quantitative estimate of drug-likeness (QED) is 0.657. The van der Waals surface area contributed by atoms with Crippen molar-refractivity contribution in [1.29, 1.82) is 0 Å². The zero-order valence-corrected chi connectivity index (χ0v) is 15.3. The maximum absolute atomic E-state index is 12.5. The summed E-state index contributed by atoms with van der Waals surface area (Å²) in [6.45, 7) is 3.79. The number of anilines is 1. The molecule has 0 saturated heterocycles. The number of halogens is 1. The highest BCUT2D eigenvalue weighted by molar-refractivity contribution is 9.10. The van der Waals surface area contributed by atoms with Crippen LogP contribution in [0.2, 0.25) is 0 Å². The van der Waals surface area contributed by atoms with Crippen LogP contribution in [0, 0.1) is 0 Å². The van der Waals surface area contributed by atoms with Gasteiger partial charge in [0.05, 0.1) is 6.54 Å². The van der Waals surface area contributed by atoms with Crippen molar-refractivity contribution in [2.45, 2.75) is 20.0 Å². The van der Waals surface area contributed by atoms with Crippen LogP contribution in [-0.4, -0.2) is 31.8 Å². The van der Waals surface area contributed by atoms with Gasteiger partial charge in [-0.25, -0.2) is 9.67 Å². The summed E-state index contributed by atoms with van der Waals surface area (Å²) in [5.74, 6) is 0.525. The molecule has 2 aromatic heterocycles. The lowest BCUT2D eigenvalue weighted by Crippen LogP contribution is -2.16. The van der Waals surface area contributed by atoms with E-state index in [1.54, 1.807) is 23.1 Å². The molecule has 0 spiro atoms. The molecule has 3 aromatic rings. The second-order valence-electron chi connectivity index (χ2n) is 5.32. The number of benzene rings is 1. The van der Waals surface area contributed by atoms with Crippen molar-refractivity contribution < 1.29 is 9.53 Å². The van der Waals surface area contributed by atoms with E-state index in [0.29, 0.717) is 30.3 Å². The molecular formula is C17H18BrN5O2. The van der Waals surface area contributed by atoms with Gasteiger partial charge < -0.3 is 14.6 Å². The van der Waals surface area contributed by atoms with Crippen molar-refractivity contribution in [2.24, 2.45) is 0 Å². The van der Waals surface area contributed by atoms with Gasteiger partial charge in [0.25, 0.3) is 5.91 Å². The van der Waals surface area contributed by atoms with Gasteiger partial charge in [0.1, 0.15) is 30.7 Å². The molecule has 7 nitrogen and oxygen atoms in total. The molecule has 1 amide bonds. The predicted molar refractivity (Wildman–Crippen MR) is 97.7 cm³/mol. The molecule has 1 aromatic carbocycles. The fourth-order valence-electron chi connectivity index (χ4n) is 2.39. The van der Waals surface area contributed by atoms with Crippen LogP contribution in [0.3, 0.4) is 0 Å². The van der Waals surface area contributed by atoms with E-state index in [9.17, 15) is 4.79 Å². The molecule has 0 saturated carbocycles. The SMILES string of the molecule is CCn1cc(Br)cc1C(=O)Nc1cccc(OCCn2cncn2)c1. The highest BCUT2D eigenvalue weighted by atomic mass is 79.9. The maximum atomic E-state index is 12.5. The van der Waals surface area contributed by atoms with E-state index < -0.39 is 0 Å². The first-order valence-corrected chi connectivity index (χ1v) is 8.67. The predicted octanol–water partition coefficient (Wildman–Crippen LogP) is 3.19. The Morgan fingerprint density at radius 2 is 2.24 bits per heavy atom.